The maximum atomic E-state index is 13.8. The van der Waals surface area contributed by atoms with Gasteiger partial charge < -0.3 is 4.90 Å². The van der Waals surface area contributed by atoms with Crippen LogP contribution < -0.4 is 9.77 Å². The first-order chi connectivity index (χ1) is 19.5. The van der Waals surface area contributed by atoms with Gasteiger partial charge >= 0.3 is 11.0 Å². The second kappa shape index (κ2) is 10.4. The molecule has 0 radical (unpaired) electrons. The molecule has 3 aliphatic rings. The molecular weight excluding hydrogens is 582 g/mol. The summed E-state index contributed by atoms with van der Waals surface area (Å²) in [5, 5.41) is -0.696. The average molecular weight is 606 g/mol. The number of likely N-dealkylation sites (tertiary alicyclic amines) is 1. The molecule has 2 fully saturated rings. The number of rotatable bonds is 4. The largest absolute Gasteiger partial charge is 0.416 e. The van der Waals surface area contributed by atoms with Crippen molar-refractivity contribution >= 4 is 46.5 Å². The zero-order valence-corrected chi connectivity index (χ0v) is 23.0. The van der Waals surface area contributed by atoms with Crippen LogP contribution in [0, 0.1) is 11.7 Å². The van der Waals surface area contributed by atoms with E-state index in [1.165, 1.54) is 34.9 Å². The highest BCUT2D eigenvalue weighted by atomic mass is 32.2. The number of halogens is 4. The zero-order chi connectivity index (χ0) is 29.1. The van der Waals surface area contributed by atoms with Crippen LogP contribution in [-0.4, -0.2) is 45.5 Å². The summed E-state index contributed by atoms with van der Waals surface area (Å²) >= 11 is 1.84. The van der Waals surface area contributed by atoms with Crippen LogP contribution in [0.25, 0.3) is 0 Å². The van der Waals surface area contributed by atoms with E-state index < -0.39 is 51.3 Å². The molecule has 13 heteroatoms. The van der Waals surface area contributed by atoms with Crippen molar-refractivity contribution in [1.82, 2.24) is 9.47 Å². The van der Waals surface area contributed by atoms with E-state index in [0.29, 0.717) is 28.6 Å². The van der Waals surface area contributed by atoms with Crippen LogP contribution in [-0.2, 0) is 27.1 Å². The van der Waals surface area contributed by atoms with Crippen LogP contribution in [0.4, 0.5) is 23.2 Å². The summed E-state index contributed by atoms with van der Waals surface area (Å²) in [7, 11) is 0. The van der Waals surface area contributed by atoms with Crippen molar-refractivity contribution in [3.8, 4) is 0 Å². The van der Waals surface area contributed by atoms with E-state index in [-0.39, 0.29) is 18.1 Å². The van der Waals surface area contributed by atoms with Crippen LogP contribution in [0.5, 0.6) is 0 Å². The molecule has 3 amide bonds. The number of carbonyl (C=O) groups is 3. The Balaban J connectivity index is 1.43. The van der Waals surface area contributed by atoms with Gasteiger partial charge in [-0.25, -0.2) is 9.29 Å². The smallest absolute Gasteiger partial charge is 0.341 e. The first-order valence-corrected chi connectivity index (χ1v) is 14.7. The fourth-order valence-electron chi connectivity index (χ4n) is 5.74. The lowest BCUT2D eigenvalue weighted by Crippen LogP contribution is -2.39. The van der Waals surface area contributed by atoms with E-state index in [1.54, 1.807) is 4.90 Å². The molecule has 2 aromatic carbocycles. The predicted octanol–water partition coefficient (Wildman–Crippen LogP) is 4.88. The molecule has 41 heavy (non-hydrogen) atoms. The summed E-state index contributed by atoms with van der Waals surface area (Å²) in [6.07, 6.45) is -1.92. The summed E-state index contributed by atoms with van der Waals surface area (Å²) < 4.78 is 55.5. The minimum absolute atomic E-state index is 0.205. The average Bonchev–Trinajstić information content (AvgIpc) is 3.39. The van der Waals surface area contributed by atoms with Crippen molar-refractivity contribution in [2.24, 2.45) is 5.92 Å². The van der Waals surface area contributed by atoms with Gasteiger partial charge in [-0.05, 0) is 55.2 Å². The SMILES string of the molecule is O=C(Cn1c2c(sc1=O)[C@H](c1ccc(F)cc1)C1C(=O)N(c3cccc(C(F)(F)F)c3)C(=O)C1S2)N1CCCCC1. The molecule has 2 saturated heterocycles. The van der Waals surface area contributed by atoms with Gasteiger partial charge in [0.2, 0.25) is 17.7 Å². The van der Waals surface area contributed by atoms with Crippen LogP contribution in [0.3, 0.4) is 0 Å². The number of thiazole rings is 1. The number of benzene rings is 2. The summed E-state index contributed by atoms with van der Waals surface area (Å²) in [6, 6.07) is 9.36. The number of piperidine rings is 1. The highest BCUT2D eigenvalue weighted by Crippen LogP contribution is 2.54. The van der Waals surface area contributed by atoms with E-state index in [2.05, 4.69) is 0 Å². The molecule has 0 aliphatic carbocycles. The number of hydrogen-bond acceptors (Lipinski definition) is 6. The third kappa shape index (κ3) is 4.88. The molecule has 0 spiro atoms. The molecular formula is C28H23F4N3O4S2. The molecule has 0 bridgehead atoms. The fourth-order valence-corrected chi connectivity index (χ4v) is 8.51. The van der Waals surface area contributed by atoms with Crippen LogP contribution in [0.2, 0.25) is 0 Å². The molecule has 0 N–H and O–H groups in total. The Morgan fingerprint density at radius 1 is 0.951 bits per heavy atom. The third-order valence-electron chi connectivity index (χ3n) is 7.71. The number of thioether (sulfide) groups is 1. The predicted molar refractivity (Wildman–Crippen MR) is 144 cm³/mol. The Hall–Kier alpha value is -3.45. The molecule has 6 rings (SSSR count). The van der Waals surface area contributed by atoms with E-state index in [4.69, 9.17) is 0 Å². The van der Waals surface area contributed by atoms with Crippen LogP contribution in [0.1, 0.15) is 41.2 Å². The number of carbonyl (C=O) groups excluding carboxylic acids is 3. The Kier molecular flexibility index (Phi) is 7.05. The van der Waals surface area contributed by atoms with Gasteiger partial charge in [-0.2, -0.15) is 13.2 Å². The first kappa shape index (κ1) is 27.7. The highest BCUT2D eigenvalue weighted by Gasteiger charge is 2.57. The van der Waals surface area contributed by atoms with Crippen molar-refractivity contribution in [1.29, 1.82) is 0 Å². The Morgan fingerprint density at radius 2 is 1.66 bits per heavy atom. The van der Waals surface area contributed by atoms with Gasteiger partial charge in [0.15, 0.2) is 0 Å². The van der Waals surface area contributed by atoms with Gasteiger partial charge in [-0.3, -0.25) is 23.7 Å². The second-order valence-electron chi connectivity index (χ2n) is 10.2. The fraction of sp³-hybridized carbons (Fsp3) is 0.357. The van der Waals surface area contributed by atoms with Gasteiger partial charge in [0, 0.05) is 23.9 Å². The van der Waals surface area contributed by atoms with Crippen molar-refractivity contribution < 1.29 is 31.9 Å². The lowest BCUT2D eigenvalue weighted by atomic mass is 9.83. The van der Waals surface area contributed by atoms with Gasteiger partial charge in [-0.15, -0.1) is 0 Å². The molecule has 7 nitrogen and oxygen atoms in total. The summed E-state index contributed by atoms with van der Waals surface area (Å²) in [5.74, 6) is -4.06. The minimum Gasteiger partial charge on any atom is -0.341 e. The molecule has 3 aliphatic heterocycles. The second-order valence-corrected chi connectivity index (χ2v) is 12.3. The normalized spacial score (nSPS) is 22.6. The maximum Gasteiger partial charge on any atom is 0.416 e. The van der Waals surface area contributed by atoms with Crippen LogP contribution in [0.15, 0.2) is 58.4 Å². The van der Waals surface area contributed by atoms with Gasteiger partial charge in [-0.1, -0.05) is 41.3 Å². The summed E-state index contributed by atoms with van der Waals surface area (Å²) in [5.41, 5.74) is -0.730. The maximum absolute atomic E-state index is 13.8. The van der Waals surface area contributed by atoms with Gasteiger partial charge in [0.05, 0.1) is 22.2 Å². The number of nitrogens with zero attached hydrogens (tertiary/aromatic N) is 3. The number of fused-ring (bicyclic) bond motifs is 2. The molecule has 4 heterocycles. The van der Waals surface area contributed by atoms with E-state index in [0.717, 1.165) is 65.5 Å². The molecule has 0 saturated carbocycles. The van der Waals surface area contributed by atoms with Crippen molar-refractivity contribution in [2.75, 3.05) is 18.0 Å². The minimum atomic E-state index is -4.68. The van der Waals surface area contributed by atoms with E-state index >= 15 is 0 Å². The molecule has 3 aromatic rings. The lowest BCUT2D eigenvalue weighted by Gasteiger charge is -2.31. The Morgan fingerprint density at radius 3 is 2.34 bits per heavy atom. The van der Waals surface area contributed by atoms with E-state index in [1.807, 2.05) is 0 Å². The Bertz CT molecular complexity index is 1590. The van der Waals surface area contributed by atoms with Crippen molar-refractivity contribution in [3.05, 3.63) is 80.0 Å². The summed E-state index contributed by atoms with van der Waals surface area (Å²) in [4.78, 5) is 56.4. The number of alkyl halides is 3. The van der Waals surface area contributed by atoms with Crippen molar-refractivity contribution in [2.45, 2.75) is 48.2 Å². The molecule has 214 valence electrons. The van der Waals surface area contributed by atoms with Gasteiger partial charge in [0.25, 0.3) is 0 Å². The molecule has 3 atom stereocenters. The molecule has 2 unspecified atom stereocenters. The summed E-state index contributed by atoms with van der Waals surface area (Å²) in [6.45, 7) is 0.953. The van der Waals surface area contributed by atoms with E-state index in [9.17, 15) is 36.7 Å². The highest BCUT2D eigenvalue weighted by molar-refractivity contribution is 8.00. The number of amides is 3. The third-order valence-corrected chi connectivity index (χ3v) is 10.3. The number of aromatic nitrogens is 1. The topological polar surface area (TPSA) is 79.7 Å². The van der Waals surface area contributed by atoms with Crippen molar-refractivity contribution in [3.63, 3.8) is 0 Å². The zero-order valence-electron chi connectivity index (χ0n) is 21.4. The Labute approximate surface area is 239 Å². The number of hydrogen-bond donors (Lipinski definition) is 0. The van der Waals surface area contributed by atoms with Crippen LogP contribution >= 0.6 is 23.1 Å². The first-order valence-electron chi connectivity index (χ1n) is 13.0. The number of imide groups is 1. The molecule has 1 aromatic heterocycles. The quantitative estimate of drug-likeness (QED) is 0.313. The monoisotopic (exact) mass is 605 g/mol. The lowest BCUT2D eigenvalue weighted by molar-refractivity contribution is -0.137. The number of anilines is 1. The van der Waals surface area contributed by atoms with Gasteiger partial charge in [0.1, 0.15) is 17.6 Å². The standard InChI is InChI=1S/C28H23F4N3O4S2/c29-17-9-7-15(8-10-17)20-21-22(25(38)35(24(21)37)18-6-4-5-16(13-18)28(30,31)32)40-26-23(20)41-27(39)34(26)14-19(36)33-11-2-1-3-12-33/h4-10,13,20-22H,1-3,11-12,14H2/t20-,21?,22?/m1/s1.